The summed E-state index contributed by atoms with van der Waals surface area (Å²) in [7, 11) is 1.84. The zero-order valence-electron chi connectivity index (χ0n) is 12.4. The van der Waals surface area contributed by atoms with E-state index in [2.05, 4.69) is 11.1 Å². The predicted molar refractivity (Wildman–Crippen MR) is 86.9 cm³/mol. The lowest BCUT2D eigenvalue weighted by Gasteiger charge is -2.05. The van der Waals surface area contributed by atoms with E-state index in [-0.39, 0.29) is 11.3 Å². The predicted octanol–water partition coefficient (Wildman–Crippen LogP) is 3.83. The number of nitrogens with zero attached hydrogens (tertiary/aromatic N) is 3. The molecule has 0 bridgehead atoms. The van der Waals surface area contributed by atoms with Crippen molar-refractivity contribution in [2.75, 3.05) is 0 Å². The van der Waals surface area contributed by atoms with Gasteiger partial charge in [-0.3, -0.25) is 0 Å². The summed E-state index contributed by atoms with van der Waals surface area (Å²) in [5.74, 6) is 0.405. The summed E-state index contributed by atoms with van der Waals surface area (Å²) in [6, 6.07) is 17.1. The van der Waals surface area contributed by atoms with E-state index in [4.69, 9.17) is 0 Å². The summed E-state index contributed by atoms with van der Waals surface area (Å²) in [6.07, 6.45) is 0. The summed E-state index contributed by atoms with van der Waals surface area (Å²) >= 11 is 0. The van der Waals surface area contributed by atoms with Crippen molar-refractivity contribution in [2.45, 2.75) is 6.92 Å². The van der Waals surface area contributed by atoms with Crippen LogP contribution in [0.25, 0.3) is 22.4 Å². The van der Waals surface area contributed by atoms with Gasteiger partial charge < -0.3 is 9.67 Å². The summed E-state index contributed by atoms with van der Waals surface area (Å²) < 4.78 is 1.82. The number of fused-ring (bicyclic) bond motifs is 1. The molecule has 0 spiro atoms. The summed E-state index contributed by atoms with van der Waals surface area (Å²) in [6.45, 7) is 1.97. The lowest BCUT2D eigenvalue weighted by molar-refractivity contribution is 0.513. The van der Waals surface area contributed by atoms with E-state index < -0.39 is 0 Å². The Morgan fingerprint density at radius 1 is 1.14 bits per heavy atom. The number of allylic oxidation sites excluding steroid dienone is 1. The van der Waals surface area contributed by atoms with Gasteiger partial charge in [0.05, 0.1) is 11.0 Å². The quantitative estimate of drug-likeness (QED) is 0.576. The molecule has 0 saturated carbocycles. The van der Waals surface area contributed by atoms with Gasteiger partial charge in [-0.2, -0.15) is 5.26 Å². The van der Waals surface area contributed by atoms with E-state index in [0.717, 1.165) is 16.6 Å². The van der Waals surface area contributed by atoms with Gasteiger partial charge in [-0.05, 0) is 19.1 Å². The Balaban J connectivity index is 2.21. The molecule has 0 fully saturated rings. The average molecular weight is 289 g/mol. The van der Waals surface area contributed by atoms with Crippen LogP contribution >= 0.6 is 0 Å². The maximum atomic E-state index is 10.5. The fourth-order valence-corrected chi connectivity index (χ4v) is 2.43. The largest absolute Gasteiger partial charge is 0.506 e. The van der Waals surface area contributed by atoms with E-state index in [1.807, 2.05) is 54.9 Å². The highest BCUT2D eigenvalue weighted by Gasteiger charge is 2.17. The number of nitriles is 1. The SMILES string of the molecule is Cc1ccc(C(O)=C(C#N)c2nc3ccccc3n2C)cc1. The molecule has 0 amide bonds. The first-order valence-electron chi connectivity index (χ1n) is 6.94. The molecule has 1 heterocycles. The highest BCUT2D eigenvalue weighted by Crippen LogP contribution is 2.26. The van der Waals surface area contributed by atoms with Gasteiger partial charge in [0.1, 0.15) is 17.4 Å². The summed E-state index contributed by atoms with van der Waals surface area (Å²) in [5.41, 5.74) is 3.58. The molecule has 0 radical (unpaired) electrons. The fraction of sp³-hybridized carbons (Fsp3) is 0.111. The number of hydrogen-bond donors (Lipinski definition) is 1. The van der Waals surface area contributed by atoms with Gasteiger partial charge >= 0.3 is 0 Å². The highest BCUT2D eigenvalue weighted by atomic mass is 16.3. The van der Waals surface area contributed by atoms with Crippen LogP contribution in [0.1, 0.15) is 17.0 Å². The zero-order chi connectivity index (χ0) is 15.7. The van der Waals surface area contributed by atoms with Gasteiger partial charge in [-0.25, -0.2) is 4.98 Å². The minimum absolute atomic E-state index is 0.0547. The molecule has 108 valence electrons. The number of aromatic nitrogens is 2. The number of hydrogen-bond acceptors (Lipinski definition) is 3. The Labute approximate surface area is 128 Å². The number of para-hydroxylation sites is 2. The molecule has 1 aromatic heterocycles. The van der Waals surface area contributed by atoms with Crippen LogP contribution < -0.4 is 0 Å². The molecule has 0 atom stereocenters. The second kappa shape index (κ2) is 5.38. The van der Waals surface area contributed by atoms with Crippen LogP contribution in [0.5, 0.6) is 0 Å². The molecule has 0 unspecified atom stereocenters. The van der Waals surface area contributed by atoms with Crippen LogP contribution in [0.4, 0.5) is 0 Å². The van der Waals surface area contributed by atoms with E-state index in [1.54, 1.807) is 12.1 Å². The first-order valence-corrected chi connectivity index (χ1v) is 6.94. The van der Waals surface area contributed by atoms with E-state index in [0.29, 0.717) is 11.4 Å². The molecule has 0 aliphatic rings. The second-order valence-corrected chi connectivity index (χ2v) is 5.18. The number of benzene rings is 2. The van der Waals surface area contributed by atoms with Gasteiger partial charge in [0.15, 0.2) is 5.82 Å². The van der Waals surface area contributed by atoms with Crippen molar-refractivity contribution in [3.8, 4) is 6.07 Å². The number of aliphatic hydroxyl groups excluding tert-OH is 1. The summed E-state index contributed by atoms with van der Waals surface area (Å²) in [4.78, 5) is 4.47. The number of aliphatic hydroxyl groups is 1. The second-order valence-electron chi connectivity index (χ2n) is 5.18. The van der Waals surface area contributed by atoms with Crippen molar-refractivity contribution < 1.29 is 5.11 Å². The molecular formula is C18H15N3O. The molecular weight excluding hydrogens is 274 g/mol. The van der Waals surface area contributed by atoms with Gasteiger partial charge in [0.25, 0.3) is 0 Å². The molecule has 22 heavy (non-hydrogen) atoms. The van der Waals surface area contributed by atoms with Crippen LogP contribution in [0.15, 0.2) is 48.5 Å². The fourth-order valence-electron chi connectivity index (χ4n) is 2.43. The normalized spacial score (nSPS) is 12.0. The topological polar surface area (TPSA) is 61.8 Å². The summed E-state index contributed by atoms with van der Waals surface area (Å²) in [5, 5.41) is 20.0. The Hall–Kier alpha value is -3.06. The average Bonchev–Trinajstić information content (AvgIpc) is 2.86. The molecule has 2 aromatic carbocycles. The molecule has 4 nitrogen and oxygen atoms in total. The van der Waals surface area contributed by atoms with Crippen molar-refractivity contribution in [1.82, 2.24) is 9.55 Å². The standard InChI is InChI=1S/C18H15N3O/c1-12-7-9-13(10-8-12)17(22)14(11-19)18-20-15-5-3-4-6-16(15)21(18)2/h3-10,22H,1-2H3. The number of aryl methyl sites for hydroxylation is 2. The Bertz CT molecular complexity index is 912. The lowest BCUT2D eigenvalue weighted by Crippen LogP contribution is -1.99. The molecule has 4 heteroatoms. The number of imidazole rings is 1. The van der Waals surface area contributed by atoms with E-state index >= 15 is 0 Å². The van der Waals surface area contributed by atoms with Crippen LogP contribution in [0.2, 0.25) is 0 Å². The molecule has 1 N–H and O–H groups in total. The highest BCUT2D eigenvalue weighted by molar-refractivity contribution is 5.94. The van der Waals surface area contributed by atoms with E-state index in [1.165, 1.54) is 0 Å². The molecule has 0 saturated heterocycles. The smallest absolute Gasteiger partial charge is 0.155 e. The first-order chi connectivity index (χ1) is 10.6. The van der Waals surface area contributed by atoms with Gasteiger partial charge in [-0.15, -0.1) is 0 Å². The van der Waals surface area contributed by atoms with Crippen molar-refractivity contribution in [3.63, 3.8) is 0 Å². The van der Waals surface area contributed by atoms with Crippen LogP contribution in [0.3, 0.4) is 0 Å². The molecule has 0 aliphatic heterocycles. The number of rotatable bonds is 2. The maximum absolute atomic E-state index is 10.5. The van der Waals surface area contributed by atoms with Crippen molar-refractivity contribution in [1.29, 1.82) is 5.26 Å². The Kier molecular flexibility index (Phi) is 3.40. The molecule has 3 rings (SSSR count). The third kappa shape index (κ3) is 2.23. The monoisotopic (exact) mass is 289 g/mol. The molecule has 3 aromatic rings. The van der Waals surface area contributed by atoms with Crippen LogP contribution in [0, 0.1) is 18.3 Å². The Morgan fingerprint density at radius 2 is 1.82 bits per heavy atom. The minimum atomic E-state index is -0.0547. The first kappa shape index (κ1) is 13.9. The van der Waals surface area contributed by atoms with Crippen molar-refractivity contribution in [2.24, 2.45) is 7.05 Å². The van der Waals surface area contributed by atoms with E-state index in [9.17, 15) is 10.4 Å². The van der Waals surface area contributed by atoms with Gasteiger partial charge in [0, 0.05) is 12.6 Å². The van der Waals surface area contributed by atoms with Gasteiger partial charge in [0.2, 0.25) is 0 Å². The third-order valence-corrected chi connectivity index (χ3v) is 3.68. The van der Waals surface area contributed by atoms with Crippen LogP contribution in [-0.4, -0.2) is 14.7 Å². The van der Waals surface area contributed by atoms with Crippen LogP contribution in [-0.2, 0) is 7.05 Å². The third-order valence-electron chi connectivity index (χ3n) is 3.68. The minimum Gasteiger partial charge on any atom is -0.506 e. The maximum Gasteiger partial charge on any atom is 0.155 e. The van der Waals surface area contributed by atoms with Gasteiger partial charge in [-0.1, -0.05) is 42.0 Å². The van der Waals surface area contributed by atoms with Crippen molar-refractivity contribution >= 4 is 22.4 Å². The van der Waals surface area contributed by atoms with Crippen molar-refractivity contribution in [3.05, 3.63) is 65.5 Å². The molecule has 0 aliphatic carbocycles. The zero-order valence-corrected chi connectivity index (χ0v) is 12.4. The lowest BCUT2D eigenvalue weighted by atomic mass is 10.1. The Morgan fingerprint density at radius 3 is 2.45 bits per heavy atom.